The summed E-state index contributed by atoms with van der Waals surface area (Å²) in [6.45, 7) is 1.96. The van der Waals surface area contributed by atoms with E-state index in [1.54, 1.807) is 20.4 Å². The van der Waals surface area contributed by atoms with Crippen LogP contribution in [0.15, 0.2) is 22.8 Å². The molecule has 1 aromatic rings. The first-order valence-electron chi connectivity index (χ1n) is 3.19. The number of nitrogens with zero attached hydrogens (tertiary/aromatic N) is 1. The van der Waals surface area contributed by atoms with Gasteiger partial charge < -0.3 is 4.74 Å². The summed E-state index contributed by atoms with van der Waals surface area (Å²) in [4.78, 5) is 4.03. The normalized spacial score (nSPS) is 8.36. The number of pyridine rings is 1. The van der Waals surface area contributed by atoms with Crippen molar-refractivity contribution >= 4 is 15.9 Å². The van der Waals surface area contributed by atoms with Crippen LogP contribution in [0.3, 0.4) is 0 Å². The Labute approximate surface area is 75.7 Å². The number of rotatable bonds is 0. The predicted octanol–water partition coefficient (Wildman–Crippen LogP) is 2.42. The lowest BCUT2D eigenvalue weighted by molar-refractivity contribution is 0.277. The van der Waals surface area contributed by atoms with Crippen molar-refractivity contribution < 1.29 is 4.74 Å². The minimum Gasteiger partial charge on any atom is -0.388 e. The molecule has 0 radical (unpaired) electrons. The van der Waals surface area contributed by atoms with Crippen LogP contribution in [-0.2, 0) is 4.74 Å². The third-order valence-corrected chi connectivity index (χ3v) is 1.78. The summed E-state index contributed by atoms with van der Waals surface area (Å²) >= 11 is 3.33. The van der Waals surface area contributed by atoms with Gasteiger partial charge in [0, 0.05) is 24.9 Å². The smallest absolute Gasteiger partial charge is 0.0514 e. The maximum absolute atomic E-state index is 4.25. The molecule has 0 fully saturated rings. The van der Waals surface area contributed by atoms with E-state index in [4.69, 9.17) is 0 Å². The minimum atomic E-state index is 1.03. The van der Waals surface area contributed by atoms with E-state index in [1.165, 1.54) is 0 Å². The van der Waals surface area contributed by atoms with E-state index in [-0.39, 0.29) is 0 Å². The second-order valence-corrected chi connectivity index (χ2v) is 2.83. The van der Waals surface area contributed by atoms with Crippen molar-refractivity contribution in [2.45, 2.75) is 6.92 Å². The van der Waals surface area contributed by atoms with Crippen molar-refractivity contribution in [1.29, 1.82) is 0 Å². The van der Waals surface area contributed by atoms with E-state index in [1.807, 2.05) is 19.1 Å². The molecule has 1 rings (SSSR count). The first-order valence-corrected chi connectivity index (χ1v) is 3.99. The second kappa shape index (κ2) is 6.31. The van der Waals surface area contributed by atoms with Crippen LogP contribution >= 0.6 is 15.9 Å². The lowest BCUT2D eigenvalue weighted by atomic mass is 10.4. The highest BCUT2D eigenvalue weighted by Gasteiger charge is 1.87. The Morgan fingerprint density at radius 2 is 2.00 bits per heavy atom. The van der Waals surface area contributed by atoms with Gasteiger partial charge in [0.15, 0.2) is 0 Å². The number of aromatic nitrogens is 1. The zero-order valence-electron chi connectivity index (χ0n) is 6.97. The van der Waals surface area contributed by atoms with Gasteiger partial charge in [0.1, 0.15) is 0 Å². The highest BCUT2D eigenvalue weighted by Crippen LogP contribution is 2.10. The molecule has 11 heavy (non-hydrogen) atoms. The molecule has 0 aromatic carbocycles. The Morgan fingerprint density at radius 1 is 1.45 bits per heavy atom. The van der Waals surface area contributed by atoms with Crippen molar-refractivity contribution in [2.24, 2.45) is 0 Å². The van der Waals surface area contributed by atoms with Crippen LogP contribution in [0.1, 0.15) is 5.69 Å². The monoisotopic (exact) mass is 217 g/mol. The van der Waals surface area contributed by atoms with E-state index in [2.05, 4.69) is 25.7 Å². The average molecular weight is 218 g/mol. The molecule has 0 N–H and O–H groups in total. The predicted molar refractivity (Wildman–Crippen MR) is 49.6 cm³/mol. The SMILES string of the molecule is COC.Cc1ncccc1Br. The molecule has 1 aromatic heterocycles. The summed E-state index contributed by atoms with van der Waals surface area (Å²) in [5, 5.41) is 0. The molecule has 0 spiro atoms. The second-order valence-electron chi connectivity index (χ2n) is 1.98. The maximum atomic E-state index is 4.25. The lowest BCUT2D eigenvalue weighted by Crippen LogP contribution is -1.77. The quantitative estimate of drug-likeness (QED) is 0.667. The summed E-state index contributed by atoms with van der Waals surface area (Å²) in [7, 11) is 3.25. The molecular formula is C8H12BrNO. The Bertz CT molecular complexity index is 182. The summed E-state index contributed by atoms with van der Waals surface area (Å²) in [6, 6.07) is 3.87. The highest BCUT2D eigenvalue weighted by atomic mass is 79.9. The van der Waals surface area contributed by atoms with Crippen molar-refractivity contribution in [1.82, 2.24) is 4.98 Å². The number of methoxy groups -OCH3 is 1. The van der Waals surface area contributed by atoms with Gasteiger partial charge in [-0.25, -0.2) is 0 Å². The number of aryl methyl sites for hydroxylation is 1. The number of halogens is 1. The van der Waals surface area contributed by atoms with Crippen LogP contribution in [0, 0.1) is 6.92 Å². The molecule has 62 valence electrons. The number of hydrogen-bond donors (Lipinski definition) is 0. The number of hydrogen-bond acceptors (Lipinski definition) is 2. The van der Waals surface area contributed by atoms with Gasteiger partial charge in [-0.1, -0.05) is 0 Å². The minimum absolute atomic E-state index is 1.03. The van der Waals surface area contributed by atoms with Gasteiger partial charge in [-0.15, -0.1) is 0 Å². The van der Waals surface area contributed by atoms with Crippen molar-refractivity contribution in [3.63, 3.8) is 0 Å². The van der Waals surface area contributed by atoms with Crippen molar-refractivity contribution in [3.05, 3.63) is 28.5 Å². The van der Waals surface area contributed by atoms with Gasteiger partial charge in [-0.2, -0.15) is 0 Å². The van der Waals surface area contributed by atoms with Gasteiger partial charge in [0.05, 0.1) is 5.69 Å². The van der Waals surface area contributed by atoms with Crippen molar-refractivity contribution in [2.75, 3.05) is 14.2 Å². The molecule has 0 amide bonds. The van der Waals surface area contributed by atoms with E-state index >= 15 is 0 Å². The molecule has 3 heteroatoms. The molecule has 1 heterocycles. The zero-order valence-corrected chi connectivity index (χ0v) is 8.55. The summed E-state index contributed by atoms with van der Waals surface area (Å²) in [5.41, 5.74) is 1.03. The molecule has 2 nitrogen and oxygen atoms in total. The van der Waals surface area contributed by atoms with Crippen LogP contribution in [-0.4, -0.2) is 19.2 Å². The van der Waals surface area contributed by atoms with Gasteiger partial charge in [-0.05, 0) is 35.0 Å². The van der Waals surface area contributed by atoms with E-state index in [0.717, 1.165) is 10.2 Å². The van der Waals surface area contributed by atoms with Crippen LogP contribution in [0.5, 0.6) is 0 Å². The largest absolute Gasteiger partial charge is 0.388 e. The number of ether oxygens (including phenoxy) is 1. The third-order valence-electron chi connectivity index (χ3n) is 0.942. The Kier molecular flexibility index (Phi) is 6.07. The maximum Gasteiger partial charge on any atom is 0.0514 e. The van der Waals surface area contributed by atoms with Gasteiger partial charge in [-0.3, -0.25) is 4.98 Å². The fourth-order valence-electron chi connectivity index (χ4n) is 0.465. The topological polar surface area (TPSA) is 22.1 Å². The first-order chi connectivity index (χ1) is 5.22. The Balaban J connectivity index is 0.000000292. The fourth-order valence-corrected chi connectivity index (χ4v) is 0.720. The molecular weight excluding hydrogens is 206 g/mol. The fraction of sp³-hybridized carbons (Fsp3) is 0.375. The van der Waals surface area contributed by atoms with E-state index in [9.17, 15) is 0 Å². The zero-order chi connectivity index (χ0) is 8.69. The highest BCUT2D eigenvalue weighted by molar-refractivity contribution is 9.10. The van der Waals surface area contributed by atoms with Crippen LogP contribution < -0.4 is 0 Å². The van der Waals surface area contributed by atoms with Gasteiger partial charge in [0.2, 0.25) is 0 Å². The van der Waals surface area contributed by atoms with Gasteiger partial charge in [0.25, 0.3) is 0 Å². The van der Waals surface area contributed by atoms with Crippen LogP contribution in [0.4, 0.5) is 0 Å². The third kappa shape index (κ3) is 4.93. The summed E-state index contributed by atoms with van der Waals surface area (Å²) in [6.07, 6.45) is 1.78. The van der Waals surface area contributed by atoms with Crippen LogP contribution in [0.25, 0.3) is 0 Å². The van der Waals surface area contributed by atoms with E-state index < -0.39 is 0 Å². The molecule has 0 bridgehead atoms. The Morgan fingerprint density at radius 3 is 2.27 bits per heavy atom. The average Bonchev–Trinajstić information content (AvgIpc) is 1.97. The summed E-state index contributed by atoms with van der Waals surface area (Å²) in [5.74, 6) is 0. The molecule has 0 saturated carbocycles. The van der Waals surface area contributed by atoms with Gasteiger partial charge >= 0.3 is 0 Å². The molecule has 0 aliphatic heterocycles. The standard InChI is InChI=1S/C6H6BrN.C2H6O/c1-5-6(7)3-2-4-8-5;1-3-2/h2-4H,1H3;1-2H3. The summed E-state index contributed by atoms with van der Waals surface area (Å²) < 4.78 is 5.32. The first kappa shape index (κ1) is 10.6. The van der Waals surface area contributed by atoms with Crippen molar-refractivity contribution in [3.8, 4) is 0 Å². The lowest BCUT2D eigenvalue weighted by Gasteiger charge is -1.90. The Hall–Kier alpha value is -0.410. The molecule has 0 atom stereocenters. The van der Waals surface area contributed by atoms with E-state index in [0.29, 0.717) is 0 Å². The molecule has 0 aliphatic rings. The molecule has 0 aliphatic carbocycles. The van der Waals surface area contributed by atoms with Crippen LogP contribution in [0.2, 0.25) is 0 Å². The molecule has 0 unspecified atom stereocenters. The molecule has 0 saturated heterocycles.